The number of ether oxygens (including phenoxy) is 1. The van der Waals surface area contributed by atoms with Crippen LogP contribution in [0, 0.1) is 0 Å². The Kier molecular flexibility index (Phi) is 3.38. The molecule has 4 nitrogen and oxygen atoms in total. The van der Waals surface area contributed by atoms with E-state index >= 15 is 0 Å². The summed E-state index contributed by atoms with van der Waals surface area (Å²) in [4.78, 5) is 12.1. The van der Waals surface area contributed by atoms with Gasteiger partial charge in [-0.05, 0) is 39.8 Å². The number of aromatic hydroxyl groups is 1. The lowest BCUT2D eigenvalue weighted by atomic mass is 9.91. The number of hydrogen-bond acceptors (Lipinski definition) is 4. The number of Topliss-reactive ketones (excluding diaryl/α,β-unsaturated/α-hetero) is 1. The van der Waals surface area contributed by atoms with Gasteiger partial charge in [0.15, 0.2) is 5.78 Å². The van der Waals surface area contributed by atoms with Crippen molar-refractivity contribution in [2.24, 2.45) is 0 Å². The molecular weight excluding hydrogens is 256 g/mol. The third kappa shape index (κ3) is 3.20. The van der Waals surface area contributed by atoms with E-state index in [1.165, 1.54) is 12.1 Å². The lowest BCUT2D eigenvalue weighted by Gasteiger charge is -2.32. The molecule has 20 heavy (non-hydrogen) atoms. The second-order valence-electron chi connectivity index (χ2n) is 6.36. The molecular formula is C16H20O4. The van der Waals surface area contributed by atoms with Gasteiger partial charge >= 0.3 is 0 Å². The summed E-state index contributed by atoms with van der Waals surface area (Å²) in [5.74, 6) is 0.422. The first-order chi connectivity index (χ1) is 9.07. The highest BCUT2D eigenvalue weighted by Crippen LogP contribution is 2.39. The summed E-state index contributed by atoms with van der Waals surface area (Å²) in [6, 6.07) is 2.95. The van der Waals surface area contributed by atoms with Crippen molar-refractivity contribution in [1.82, 2.24) is 0 Å². The topological polar surface area (TPSA) is 66.8 Å². The van der Waals surface area contributed by atoms with Crippen LogP contribution >= 0.6 is 0 Å². The number of phenols is 1. The number of benzene rings is 1. The third-order valence-corrected chi connectivity index (χ3v) is 3.04. The molecule has 2 N–H and O–H groups in total. The van der Waals surface area contributed by atoms with Crippen molar-refractivity contribution in [3.05, 3.63) is 29.3 Å². The fourth-order valence-corrected chi connectivity index (χ4v) is 2.17. The lowest BCUT2D eigenvalue weighted by Crippen LogP contribution is -2.36. The molecule has 4 heteroatoms. The Morgan fingerprint density at radius 3 is 2.60 bits per heavy atom. The number of carbonyl (C=O) groups excluding carboxylic acids is 1. The monoisotopic (exact) mass is 276 g/mol. The van der Waals surface area contributed by atoms with Gasteiger partial charge in [0.25, 0.3) is 0 Å². The molecule has 0 fully saturated rings. The highest BCUT2D eigenvalue weighted by Gasteiger charge is 2.34. The zero-order valence-electron chi connectivity index (χ0n) is 12.2. The standard InChI is InChI=1S/C16H20O4/c1-15(2,19)6-5-10-7-11(17)8-12-13(18)9-16(3,4)20-14(10)12/h5-8,17,19H,9H2,1-4H3/b6-5+. The number of rotatable bonds is 2. The molecule has 1 aliphatic rings. The predicted octanol–water partition coefficient (Wildman–Crippen LogP) is 2.92. The van der Waals surface area contributed by atoms with Crippen LogP contribution in [0.15, 0.2) is 18.2 Å². The lowest BCUT2D eigenvalue weighted by molar-refractivity contribution is 0.0617. The quantitative estimate of drug-likeness (QED) is 0.871. The van der Waals surface area contributed by atoms with E-state index in [0.717, 1.165) is 0 Å². The second kappa shape index (κ2) is 4.63. The minimum atomic E-state index is -0.980. The molecule has 0 unspecified atom stereocenters. The van der Waals surface area contributed by atoms with Crippen molar-refractivity contribution in [3.63, 3.8) is 0 Å². The molecule has 0 radical (unpaired) electrons. The van der Waals surface area contributed by atoms with E-state index in [4.69, 9.17) is 4.74 Å². The summed E-state index contributed by atoms with van der Waals surface area (Å²) in [7, 11) is 0. The fourth-order valence-electron chi connectivity index (χ4n) is 2.17. The average Bonchev–Trinajstić information content (AvgIpc) is 2.25. The zero-order chi connectivity index (χ0) is 15.1. The third-order valence-electron chi connectivity index (χ3n) is 3.04. The maximum atomic E-state index is 12.1. The van der Waals surface area contributed by atoms with E-state index in [2.05, 4.69) is 0 Å². The van der Waals surface area contributed by atoms with E-state index in [0.29, 0.717) is 16.9 Å². The van der Waals surface area contributed by atoms with Gasteiger partial charge in [-0.1, -0.05) is 12.2 Å². The van der Waals surface area contributed by atoms with E-state index in [9.17, 15) is 15.0 Å². The number of phenolic OH excluding ortho intramolecular Hbond substituents is 1. The van der Waals surface area contributed by atoms with Crippen LogP contribution in [0.5, 0.6) is 11.5 Å². The smallest absolute Gasteiger partial charge is 0.170 e. The van der Waals surface area contributed by atoms with Crippen molar-refractivity contribution >= 4 is 11.9 Å². The summed E-state index contributed by atoms with van der Waals surface area (Å²) in [6.07, 6.45) is 3.53. The summed E-state index contributed by atoms with van der Waals surface area (Å²) < 4.78 is 5.88. The molecule has 1 aromatic rings. The van der Waals surface area contributed by atoms with Crippen LogP contribution in [-0.2, 0) is 0 Å². The van der Waals surface area contributed by atoms with Crippen molar-refractivity contribution < 1.29 is 19.7 Å². The van der Waals surface area contributed by atoms with Gasteiger partial charge in [-0.15, -0.1) is 0 Å². The summed E-state index contributed by atoms with van der Waals surface area (Å²) in [5, 5.41) is 19.5. The van der Waals surface area contributed by atoms with E-state index in [1.54, 1.807) is 26.0 Å². The Balaban J connectivity index is 2.54. The molecule has 1 heterocycles. The van der Waals surface area contributed by atoms with Crippen LogP contribution in [-0.4, -0.2) is 27.2 Å². The van der Waals surface area contributed by atoms with Gasteiger partial charge in [0.2, 0.25) is 0 Å². The van der Waals surface area contributed by atoms with Crippen molar-refractivity contribution in [2.45, 2.75) is 45.3 Å². The highest BCUT2D eigenvalue weighted by molar-refractivity contribution is 6.01. The molecule has 0 atom stereocenters. The first-order valence-electron chi connectivity index (χ1n) is 6.58. The second-order valence-corrected chi connectivity index (χ2v) is 6.36. The largest absolute Gasteiger partial charge is 0.508 e. The van der Waals surface area contributed by atoms with Gasteiger partial charge in [0.1, 0.15) is 17.1 Å². The predicted molar refractivity (Wildman–Crippen MR) is 77.1 cm³/mol. The fraction of sp³-hybridized carbons (Fsp3) is 0.438. The highest BCUT2D eigenvalue weighted by atomic mass is 16.5. The Morgan fingerprint density at radius 2 is 2.00 bits per heavy atom. The van der Waals surface area contributed by atoms with Crippen molar-refractivity contribution in [3.8, 4) is 11.5 Å². The van der Waals surface area contributed by atoms with E-state index in [1.807, 2.05) is 13.8 Å². The first kappa shape index (κ1) is 14.6. The maximum Gasteiger partial charge on any atom is 0.170 e. The van der Waals surface area contributed by atoms with E-state index in [-0.39, 0.29) is 18.0 Å². The molecule has 0 bridgehead atoms. The van der Waals surface area contributed by atoms with Crippen LogP contribution in [0.1, 0.15) is 50.0 Å². The molecule has 0 saturated heterocycles. The number of hydrogen-bond donors (Lipinski definition) is 2. The number of fused-ring (bicyclic) bond motifs is 1. The summed E-state index contributed by atoms with van der Waals surface area (Å²) in [5.41, 5.74) is -0.576. The molecule has 108 valence electrons. The maximum absolute atomic E-state index is 12.1. The van der Waals surface area contributed by atoms with Crippen LogP contribution < -0.4 is 4.74 Å². The molecule has 0 saturated carbocycles. The van der Waals surface area contributed by atoms with Crippen molar-refractivity contribution in [1.29, 1.82) is 0 Å². The molecule has 0 amide bonds. The molecule has 0 aromatic heterocycles. The normalized spacial score (nSPS) is 17.9. The average molecular weight is 276 g/mol. The Labute approximate surface area is 118 Å². The SMILES string of the molecule is CC(C)(O)/C=C/c1cc(O)cc2c1OC(C)(C)CC2=O. The van der Waals surface area contributed by atoms with Gasteiger partial charge in [0, 0.05) is 5.56 Å². The van der Waals surface area contributed by atoms with Gasteiger partial charge in [0.05, 0.1) is 17.6 Å². The van der Waals surface area contributed by atoms with Crippen molar-refractivity contribution in [2.75, 3.05) is 0 Å². The number of aliphatic hydroxyl groups is 1. The number of ketones is 1. The van der Waals surface area contributed by atoms with E-state index < -0.39 is 11.2 Å². The summed E-state index contributed by atoms with van der Waals surface area (Å²) >= 11 is 0. The van der Waals surface area contributed by atoms with Crippen LogP contribution in [0.2, 0.25) is 0 Å². The molecule has 1 aliphatic heterocycles. The van der Waals surface area contributed by atoms with Gasteiger partial charge < -0.3 is 14.9 Å². The molecule has 1 aromatic carbocycles. The zero-order valence-corrected chi connectivity index (χ0v) is 12.2. The van der Waals surface area contributed by atoms with Gasteiger partial charge in [-0.3, -0.25) is 4.79 Å². The summed E-state index contributed by atoms with van der Waals surface area (Å²) in [6.45, 7) is 7.00. The first-order valence-corrected chi connectivity index (χ1v) is 6.58. The molecule has 2 rings (SSSR count). The van der Waals surface area contributed by atoms with Crippen LogP contribution in [0.3, 0.4) is 0 Å². The van der Waals surface area contributed by atoms with Gasteiger partial charge in [-0.25, -0.2) is 0 Å². The van der Waals surface area contributed by atoms with Gasteiger partial charge in [-0.2, -0.15) is 0 Å². The molecule has 0 spiro atoms. The van der Waals surface area contributed by atoms with Crippen LogP contribution in [0.4, 0.5) is 0 Å². The Bertz CT molecular complexity index is 577. The number of carbonyl (C=O) groups is 1. The minimum absolute atomic E-state index is 0.0100. The Morgan fingerprint density at radius 1 is 1.35 bits per heavy atom. The van der Waals surface area contributed by atoms with Crippen LogP contribution in [0.25, 0.3) is 6.08 Å². The minimum Gasteiger partial charge on any atom is -0.508 e. The Hall–Kier alpha value is -1.81. The molecule has 0 aliphatic carbocycles.